The van der Waals surface area contributed by atoms with Gasteiger partial charge in [-0.1, -0.05) is 23.7 Å². The number of benzene rings is 1. The molecule has 1 heterocycles. The van der Waals surface area contributed by atoms with Gasteiger partial charge in [-0.3, -0.25) is 4.90 Å². The van der Waals surface area contributed by atoms with E-state index < -0.39 is 0 Å². The summed E-state index contributed by atoms with van der Waals surface area (Å²) in [6.45, 7) is 2.25. The Balaban J connectivity index is 1.98. The maximum absolute atomic E-state index is 13.7. The van der Waals surface area contributed by atoms with Crippen molar-refractivity contribution in [1.82, 2.24) is 4.90 Å². The Morgan fingerprint density at radius 1 is 1.41 bits per heavy atom. The molecule has 1 aliphatic heterocycles. The van der Waals surface area contributed by atoms with E-state index in [9.17, 15) is 9.18 Å². The van der Waals surface area contributed by atoms with Crippen LogP contribution in [0.15, 0.2) is 18.2 Å². The zero-order valence-electron chi connectivity index (χ0n) is 9.53. The Morgan fingerprint density at radius 3 is 2.76 bits per heavy atom. The monoisotopic (exact) mass is 255 g/mol. The second-order valence-corrected chi connectivity index (χ2v) is 4.87. The van der Waals surface area contributed by atoms with E-state index in [-0.39, 0.29) is 16.8 Å². The lowest BCUT2D eigenvalue weighted by Crippen LogP contribution is -2.33. The Labute approximate surface area is 105 Å². The first-order valence-corrected chi connectivity index (χ1v) is 6.19. The maximum Gasteiger partial charge on any atom is 0.146 e. The molecule has 0 atom stereocenters. The molecule has 0 saturated carbocycles. The molecule has 0 aromatic heterocycles. The van der Waals surface area contributed by atoms with Gasteiger partial charge in [0, 0.05) is 18.0 Å². The van der Waals surface area contributed by atoms with Gasteiger partial charge in [-0.15, -0.1) is 0 Å². The number of halogens is 2. The Hall–Kier alpha value is -0.930. The van der Waals surface area contributed by atoms with E-state index in [0.29, 0.717) is 12.1 Å². The van der Waals surface area contributed by atoms with Crippen molar-refractivity contribution in [2.24, 2.45) is 5.92 Å². The van der Waals surface area contributed by atoms with Crippen LogP contribution in [-0.2, 0) is 11.3 Å². The van der Waals surface area contributed by atoms with Crippen molar-refractivity contribution >= 4 is 17.9 Å². The summed E-state index contributed by atoms with van der Waals surface area (Å²) in [4.78, 5) is 12.8. The van der Waals surface area contributed by atoms with E-state index >= 15 is 0 Å². The highest BCUT2D eigenvalue weighted by Crippen LogP contribution is 2.22. The van der Waals surface area contributed by atoms with Crippen LogP contribution in [0.4, 0.5) is 4.39 Å². The molecule has 1 fully saturated rings. The second-order valence-electron chi connectivity index (χ2n) is 4.46. The first kappa shape index (κ1) is 12.5. The highest BCUT2D eigenvalue weighted by Gasteiger charge is 2.19. The third-order valence-electron chi connectivity index (χ3n) is 3.25. The van der Waals surface area contributed by atoms with Crippen molar-refractivity contribution < 1.29 is 9.18 Å². The van der Waals surface area contributed by atoms with Gasteiger partial charge in [0.05, 0.1) is 5.02 Å². The van der Waals surface area contributed by atoms with Gasteiger partial charge in [0.25, 0.3) is 0 Å². The van der Waals surface area contributed by atoms with Gasteiger partial charge in [-0.2, -0.15) is 0 Å². The van der Waals surface area contributed by atoms with Gasteiger partial charge in [0.1, 0.15) is 12.1 Å². The van der Waals surface area contributed by atoms with Crippen LogP contribution in [-0.4, -0.2) is 24.3 Å². The SMILES string of the molecule is O=CC1CCN(Cc2cccc(Cl)c2F)CC1. The normalized spacial score (nSPS) is 18.2. The Bertz CT molecular complexity index is 402. The molecule has 92 valence electrons. The molecular formula is C13H15ClFNO. The molecule has 1 aliphatic rings. The van der Waals surface area contributed by atoms with E-state index in [4.69, 9.17) is 11.6 Å². The number of piperidine rings is 1. The zero-order chi connectivity index (χ0) is 12.3. The smallest absolute Gasteiger partial charge is 0.146 e. The van der Waals surface area contributed by atoms with E-state index in [1.807, 2.05) is 0 Å². The number of likely N-dealkylation sites (tertiary alicyclic amines) is 1. The number of rotatable bonds is 3. The third-order valence-corrected chi connectivity index (χ3v) is 3.54. The lowest BCUT2D eigenvalue weighted by atomic mass is 9.98. The van der Waals surface area contributed by atoms with Crippen LogP contribution in [0, 0.1) is 11.7 Å². The summed E-state index contributed by atoms with van der Waals surface area (Å²) >= 11 is 5.74. The van der Waals surface area contributed by atoms with Gasteiger partial charge in [-0.25, -0.2) is 4.39 Å². The molecule has 2 rings (SSSR count). The average Bonchev–Trinajstić information content (AvgIpc) is 2.36. The minimum absolute atomic E-state index is 0.172. The van der Waals surface area contributed by atoms with Crippen LogP contribution in [0.3, 0.4) is 0 Å². The molecular weight excluding hydrogens is 241 g/mol. The summed E-state index contributed by atoms with van der Waals surface area (Å²) in [6, 6.07) is 5.07. The Morgan fingerprint density at radius 2 is 2.12 bits per heavy atom. The molecule has 17 heavy (non-hydrogen) atoms. The lowest BCUT2D eigenvalue weighted by Gasteiger charge is -2.29. The van der Waals surface area contributed by atoms with Crippen molar-refractivity contribution in [3.63, 3.8) is 0 Å². The fourth-order valence-corrected chi connectivity index (χ4v) is 2.35. The summed E-state index contributed by atoms with van der Waals surface area (Å²) in [5.74, 6) is -0.151. The summed E-state index contributed by atoms with van der Waals surface area (Å²) in [5, 5.41) is 0.172. The highest BCUT2D eigenvalue weighted by molar-refractivity contribution is 6.30. The number of hydrogen-bond acceptors (Lipinski definition) is 2. The standard InChI is InChI=1S/C13H15ClFNO/c14-12-3-1-2-11(13(12)15)8-16-6-4-10(9-17)5-7-16/h1-3,9-10H,4-8H2. The predicted molar refractivity (Wildman–Crippen MR) is 65.5 cm³/mol. The molecule has 1 saturated heterocycles. The molecule has 0 amide bonds. The Kier molecular flexibility index (Phi) is 4.13. The van der Waals surface area contributed by atoms with E-state index in [1.54, 1.807) is 18.2 Å². The topological polar surface area (TPSA) is 20.3 Å². The van der Waals surface area contributed by atoms with Crippen molar-refractivity contribution in [1.29, 1.82) is 0 Å². The summed E-state index contributed by atoms with van der Waals surface area (Å²) < 4.78 is 13.7. The van der Waals surface area contributed by atoms with Crippen LogP contribution in [0.1, 0.15) is 18.4 Å². The number of nitrogens with zero attached hydrogens (tertiary/aromatic N) is 1. The van der Waals surface area contributed by atoms with Gasteiger partial charge in [-0.05, 0) is 32.0 Å². The van der Waals surface area contributed by atoms with Gasteiger partial charge in [0.2, 0.25) is 0 Å². The van der Waals surface area contributed by atoms with Gasteiger partial charge >= 0.3 is 0 Å². The quantitative estimate of drug-likeness (QED) is 0.774. The van der Waals surface area contributed by atoms with E-state index in [1.165, 1.54) is 0 Å². The summed E-state index contributed by atoms with van der Waals surface area (Å²) in [5.41, 5.74) is 0.627. The minimum Gasteiger partial charge on any atom is -0.303 e. The van der Waals surface area contributed by atoms with E-state index in [2.05, 4.69) is 4.90 Å². The zero-order valence-corrected chi connectivity index (χ0v) is 10.3. The number of carbonyl (C=O) groups is 1. The fraction of sp³-hybridized carbons (Fsp3) is 0.462. The van der Waals surface area contributed by atoms with Crippen LogP contribution < -0.4 is 0 Å². The van der Waals surface area contributed by atoms with Gasteiger partial charge < -0.3 is 4.79 Å². The predicted octanol–water partition coefficient (Wildman–Crippen LogP) is 2.89. The second kappa shape index (κ2) is 5.61. The highest BCUT2D eigenvalue weighted by atomic mass is 35.5. The number of carbonyl (C=O) groups excluding carboxylic acids is 1. The first-order valence-electron chi connectivity index (χ1n) is 5.81. The molecule has 0 spiro atoms. The van der Waals surface area contributed by atoms with Gasteiger partial charge in [0.15, 0.2) is 0 Å². The van der Waals surface area contributed by atoms with Crippen molar-refractivity contribution in [2.45, 2.75) is 19.4 Å². The summed E-state index contributed by atoms with van der Waals surface area (Å²) in [7, 11) is 0. The molecule has 0 aliphatic carbocycles. The third kappa shape index (κ3) is 3.05. The first-order chi connectivity index (χ1) is 8.20. The molecule has 1 aromatic rings. The fourth-order valence-electron chi connectivity index (χ4n) is 2.16. The van der Waals surface area contributed by atoms with Crippen molar-refractivity contribution in [3.8, 4) is 0 Å². The van der Waals surface area contributed by atoms with Crippen molar-refractivity contribution in [3.05, 3.63) is 34.6 Å². The molecule has 0 bridgehead atoms. The molecule has 2 nitrogen and oxygen atoms in total. The molecule has 4 heteroatoms. The molecule has 1 aromatic carbocycles. The number of aldehydes is 1. The average molecular weight is 256 g/mol. The largest absolute Gasteiger partial charge is 0.303 e. The van der Waals surface area contributed by atoms with Crippen LogP contribution in [0.5, 0.6) is 0 Å². The lowest BCUT2D eigenvalue weighted by molar-refractivity contribution is -0.112. The molecule has 0 N–H and O–H groups in total. The maximum atomic E-state index is 13.7. The van der Waals surface area contributed by atoms with Crippen LogP contribution in [0.25, 0.3) is 0 Å². The minimum atomic E-state index is -0.327. The number of hydrogen-bond donors (Lipinski definition) is 0. The van der Waals surface area contributed by atoms with Crippen molar-refractivity contribution in [2.75, 3.05) is 13.1 Å². The summed E-state index contributed by atoms with van der Waals surface area (Å²) in [6.07, 6.45) is 2.76. The molecule has 0 radical (unpaired) electrons. The van der Waals surface area contributed by atoms with Crippen LogP contribution in [0.2, 0.25) is 5.02 Å². The van der Waals surface area contributed by atoms with E-state index in [0.717, 1.165) is 32.2 Å². The van der Waals surface area contributed by atoms with Crippen LogP contribution >= 0.6 is 11.6 Å². The molecule has 0 unspecified atom stereocenters.